The van der Waals surface area contributed by atoms with E-state index in [9.17, 15) is 0 Å². The van der Waals surface area contributed by atoms with Crippen LogP contribution in [0.3, 0.4) is 0 Å². The first-order valence-corrected chi connectivity index (χ1v) is 31.9. The molecule has 3 atom stereocenters. The highest BCUT2D eigenvalue weighted by atomic mass is 32.1. The SMILES string of the molecule is CCCCC(CC)Cc1cc2sc(-c3ccc(-c4cc5c(s4)c4sc(-c6ccc(-c7cc8sc(CC(CC)CCCC)cc8s7)c7nsnc67)cc4n5CC(CC)CCCC)c4nsnc34)cc2s1. The Labute approximate surface area is 438 Å². The van der Waals surface area contributed by atoms with Gasteiger partial charge in [-0.15, -0.1) is 68.0 Å². The number of fused-ring (bicyclic) bond motifs is 7. The molecule has 3 unspecified atom stereocenters. The van der Waals surface area contributed by atoms with E-state index in [0.717, 1.165) is 40.4 Å². The standard InChI is InChI=1S/C56H61N5S8/c1-7-13-16-32(10-4)23-35-25-47-49(62-35)29-45(64-47)39-21-19-37(51-53(39)59-68-57-51)43-27-41-55(66-43)56-42(61(41)31-34(12-6)18-15-9-3)28-44(67-56)38-20-22-40(54-52(38)58-69-60-54)46-30-50-48(65-46)26-36(63-50)24-33(11-5)17-14-8-2/h19-22,25-30,32-34H,7-18,23-24,31H2,1-6H3. The third kappa shape index (κ3) is 9.34. The van der Waals surface area contributed by atoms with E-state index in [1.54, 1.807) is 0 Å². The van der Waals surface area contributed by atoms with Crippen LogP contribution in [0.25, 0.3) is 103 Å². The molecule has 5 nitrogen and oxygen atoms in total. The smallest absolute Gasteiger partial charge is 0.114 e. The van der Waals surface area contributed by atoms with Gasteiger partial charge in [-0.2, -0.15) is 17.5 Å². The molecule has 0 saturated heterocycles. The maximum atomic E-state index is 5.00. The van der Waals surface area contributed by atoms with Crippen molar-refractivity contribution in [3.8, 4) is 41.8 Å². The number of benzene rings is 2. The number of rotatable bonds is 22. The average molecular weight is 1060 g/mol. The minimum absolute atomic E-state index is 0.620. The molecule has 0 radical (unpaired) electrons. The largest absolute Gasteiger partial charge is 0.339 e. The van der Waals surface area contributed by atoms with E-state index in [4.69, 9.17) is 17.5 Å². The topological polar surface area (TPSA) is 56.5 Å². The number of nitrogens with zero attached hydrogens (tertiary/aromatic N) is 5. The van der Waals surface area contributed by atoms with Gasteiger partial charge in [0.1, 0.15) is 22.1 Å². The number of thiophene rings is 6. The Morgan fingerprint density at radius 1 is 0.420 bits per heavy atom. The van der Waals surface area contributed by atoms with Crippen LogP contribution in [-0.4, -0.2) is 22.1 Å². The number of hydrogen-bond donors (Lipinski definition) is 0. The van der Waals surface area contributed by atoms with Crippen LogP contribution in [0, 0.1) is 17.8 Å². The quantitative estimate of drug-likeness (QED) is 0.0679. The molecule has 9 heterocycles. The van der Waals surface area contributed by atoms with Crippen LogP contribution < -0.4 is 0 Å². The van der Waals surface area contributed by atoms with Crippen molar-refractivity contribution in [3.63, 3.8) is 0 Å². The van der Waals surface area contributed by atoms with Crippen LogP contribution in [0.1, 0.15) is 128 Å². The van der Waals surface area contributed by atoms with Crippen LogP contribution >= 0.6 is 91.5 Å². The van der Waals surface area contributed by atoms with Crippen LogP contribution in [0.2, 0.25) is 0 Å². The van der Waals surface area contributed by atoms with Crippen molar-refractivity contribution < 1.29 is 0 Å². The zero-order valence-corrected chi connectivity index (χ0v) is 47.1. The second kappa shape index (κ2) is 21.0. The molecule has 0 saturated carbocycles. The van der Waals surface area contributed by atoms with Crippen molar-refractivity contribution in [2.75, 3.05) is 0 Å². The summed E-state index contributed by atoms with van der Waals surface area (Å²) in [4.78, 5) is 8.18. The second-order valence-corrected chi connectivity index (χ2v) is 26.9. The molecule has 0 bridgehead atoms. The normalized spacial score (nSPS) is 13.8. The molecule has 11 rings (SSSR count). The molecule has 9 aromatic heterocycles. The first kappa shape index (κ1) is 47.9. The van der Waals surface area contributed by atoms with Gasteiger partial charge in [0, 0.05) is 76.9 Å². The predicted octanol–water partition coefficient (Wildman–Crippen LogP) is 20.9. The Balaban J connectivity index is 0.929. The molecule has 0 amide bonds. The summed E-state index contributed by atoms with van der Waals surface area (Å²) in [5, 5.41) is 0. The molecule has 69 heavy (non-hydrogen) atoms. The van der Waals surface area contributed by atoms with E-state index in [0.29, 0.717) is 5.92 Å². The number of hydrogen-bond acceptors (Lipinski definition) is 12. The molecular formula is C56H61N5S8. The molecule has 0 spiro atoms. The molecule has 358 valence electrons. The lowest BCUT2D eigenvalue weighted by Crippen LogP contribution is -2.09. The zero-order chi connectivity index (χ0) is 47.2. The van der Waals surface area contributed by atoms with Crippen LogP contribution in [-0.2, 0) is 19.4 Å². The van der Waals surface area contributed by atoms with E-state index < -0.39 is 0 Å². The number of unbranched alkanes of at least 4 members (excludes halogenated alkanes) is 3. The summed E-state index contributed by atoms with van der Waals surface area (Å²) in [5.41, 5.74) is 11.5. The fourth-order valence-corrected chi connectivity index (χ4v) is 19.3. The molecule has 2 aromatic carbocycles. The Morgan fingerprint density at radius 2 is 0.783 bits per heavy atom. The fourth-order valence-electron chi connectivity index (χ4n) is 10.5. The van der Waals surface area contributed by atoms with Gasteiger partial charge in [0.25, 0.3) is 0 Å². The Kier molecular flexibility index (Phi) is 14.6. The van der Waals surface area contributed by atoms with E-state index in [2.05, 4.69) is 107 Å². The van der Waals surface area contributed by atoms with Crippen molar-refractivity contribution in [2.45, 2.75) is 138 Å². The summed E-state index contributed by atoms with van der Waals surface area (Å²) in [6.45, 7) is 15.0. The monoisotopic (exact) mass is 1060 g/mol. The summed E-state index contributed by atoms with van der Waals surface area (Å²) < 4.78 is 30.9. The molecule has 0 fully saturated rings. The molecule has 0 aliphatic rings. The predicted molar refractivity (Wildman–Crippen MR) is 313 cm³/mol. The first-order chi connectivity index (χ1) is 33.9. The molecule has 13 heteroatoms. The highest BCUT2D eigenvalue weighted by Gasteiger charge is 2.25. The minimum atomic E-state index is 0.620. The lowest BCUT2D eigenvalue weighted by Gasteiger charge is -2.16. The summed E-state index contributed by atoms with van der Waals surface area (Å²) in [7, 11) is 0. The van der Waals surface area contributed by atoms with Crippen molar-refractivity contribution in [3.05, 3.63) is 70.4 Å². The summed E-state index contributed by atoms with van der Waals surface area (Å²) in [6.07, 6.45) is 17.7. The Hall–Kier alpha value is -3.40. The zero-order valence-electron chi connectivity index (χ0n) is 40.6. The van der Waals surface area contributed by atoms with Gasteiger partial charge in [-0.25, -0.2) is 0 Å². The molecule has 0 N–H and O–H groups in total. The third-order valence-corrected chi connectivity index (χ3v) is 22.9. The lowest BCUT2D eigenvalue weighted by atomic mass is 9.95. The summed E-state index contributed by atoms with van der Waals surface area (Å²) in [5.74, 6) is 2.19. The van der Waals surface area contributed by atoms with Crippen molar-refractivity contribution >= 4 is 153 Å². The third-order valence-electron chi connectivity index (χ3n) is 14.7. The van der Waals surface area contributed by atoms with Gasteiger partial charge < -0.3 is 4.57 Å². The van der Waals surface area contributed by atoms with Crippen molar-refractivity contribution in [1.29, 1.82) is 0 Å². The highest BCUT2D eigenvalue weighted by Crippen LogP contribution is 2.50. The van der Waals surface area contributed by atoms with Gasteiger partial charge in [-0.1, -0.05) is 136 Å². The van der Waals surface area contributed by atoms with Gasteiger partial charge in [0.15, 0.2) is 0 Å². The van der Waals surface area contributed by atoms with Gasteiger partial charge in [0.05, 0.1) is 43.9 Å². The van der Waals surface area contributed by atoms with Gasteiger partial charge in [-0.3, -0.25) is 0 Å². The van der Waals surface area contributed by atoms with Crippen LogP contribution in [0.5, 0.6) is 0 Å². The van der Waals surface area contributed by atoms with Crippen LogP contribution in [0.4, 0.5) is 0 Å². The molecular weight excluding hydrogens is 999 g/mol. The van der Waals surface area contributed by atoms with Crippen molar-refractivity contribution in [2.24, 2.45) is 17.8 Å². The van der Waals surface area contributed by atoms with E-state index in [1.807, 2.05) is 68.0 Å². The minimum Gasteiger partial charge on any atom is -0.339 e. The Morgan fingerprint density at radius 3 is 1.14 bits per heavy atom. The van der Waals surface area contributed by atoms with Gasteiger partial charge >= 0.3 is 0 Å². The molecule has 11 aromatic rings. The molecule has 0 aliphatic carbocycles. The van der Waals surface area contributed by atoms with Crippen molar-refractivity contribution in [1.82, 2.24) is 22.1 Å². The first-order valence-electron chi connectivity index (χ1n) is 25.5. The fraction of sp³-hybridized carbons (Fsp3) is 0.429. The second-order valence-electron chi connectivity index (χ2n) is 19.3. The van der Waals surface area contributed by atoms with E-state index in [1.165, 1.54) is 204 Å². The van der Waals surface area contributed by atoms with E-state index >= 15 is 0 Å². The summed E-state index contributed by atoms with van der Waals surface area (Å²) >= 11 is 14.3. The van der Waals surface area contributed by atoms with Gasteiger partial charge in [0.2, 0.25) is 0 Å². The van der Waals surface area contributed by atoms with E-state index in [-0.39, 0.29) is 0 Å². The molecule has 0 aliphatic heterocycles. The van der Waals surface area contributed by atoms with Crippen LogP contribution in [0.15, 0.2) is 60.7 Å². The van der Waals surface area contributed by atoms with Gasteiger partial charge in [-0.05, 0) is 73.4 Å². The lowest BCUT2D eigenvalue weighted by molar-refractivity contribution is 0.401. The maximum absolute atomic E-state index is 5.00. The maximum Gasteiger partial charge on any atom is 0.114 e. The Bertz CT molecular complexity index is 3240. The highest BCUT2D eigenvalue weighted by molar-refractivity contribution is 7.31. The number of aromatic nitrogens is 5. The summed E-state index contributed by atoms with van der Waals surface area (Å²) in [6, 6.07) is 23.9. The average Bonchev–Trinajstić information content (AvgIpc) is 4.21.